The monoisotopic (exact) mass is 240 g/mol. The lowest BCUT2D eigenvalue weighted by molar-refractivity contribution is -0.384. The van der Waals surface area contributed by atoms with E-state index in [1.54, 1.807) is 7.05 Å². The van der Waals surface area contributed by atoms with Gasteiger partial charge in [-0.25, -0.2) is 4.68 Å². The Kier molecular flexibility index (Phi) is 3.58. The molecule has 1 aromatic rings. The topological polar surface area (TPSA) is 82.2 Å². The Hall–Kier alpha value is -1.63. The van der Waals surface area contributed by atoms with Crippen molar-refractivity contribution in [1.29, 1.82) is 0 Å². The summed E-state index contributed by atoms with van der Waals surface area (Å²) < 4.78 is 6.77. The summed E-state index contributed by atoms with van der Waals surface area (Å²) in [7, 11) is 1.69. The van der Waals surface area contributed by atoms with Gasteiger partial charge in [0.15, 0.2) is 0 Å². The van der Waals surface area contributed by atoms with Crippen LogP contribution in [-0.4, -0.2) is 34.5 Å². The molecule has 0 radical (unpaired) electrons. The molecular weight excluding hydrogens is 224 g/mol. The van der Waals surface area contributed by atoms with E-state index >= 15 is 0 Å². The molecule has 1 saturated heterocycles. The first-order chi connectivity index (χ1) is 8.18. The summed E-state index contributed by atoms with van der Waals surface area (Å²) in [6.45, 7) is 2.28. The average molecular weight is 240 g/mol. The fourth-order valence-corrected chi connectivity index (χ4v) is 1.96. The van der Waals surface area contributed by atoms with Crippen LogP contribution in [-0.2, 0) is 11.8 Å². The normalized spacial score (nSPS) is 17.0. The van der Waals surface area contributed by atoms with Gasteiger partial charge in [0.05, 0.1) is 4.92 Å². The van der Waals surface area contributed by atoms with Crippen molar-refractivity contribution in [3.63, 3.8) is 0 Å². The van der Waals surface area contributed by atoms with E-state index in [-0.39, 0.29) is 5.69 Å². The molecule has 1 aromatic heterocycles. The molecule has 0 aromatic carbocycles. The molecule has 0 spiro atoms. The summed E-state index contributed by atoms with van der Waals surface area (Å²) in [5.74, 6) is 0.986. The Labute approximate surface area is 98.9 Å². The molecule has 7 nitrogen and oxygen atoms in total. The second-order valence-corrected chi connectivity index (χ2v) is 4.20. The second-order valence-electron chi connectivity index (χ2n) is 4.20. The molecule has 7 heteroatoms. The molecule has 2 rings (SSSR count). The largest absolute Gasteiger partial charge is 0.381 e. The number of nitrogens with zero attached hydrogens (tertiary/aromatic N) is 3. The minimum Gasteiger partial charge on any atom is -0.381 e. The highest BCUT2D eigenvalue weighted by Gasteiger charge is 2.20. The van der Waals surface area contributed by atoms with Gasteiger partial charge in [-0.1, -0.05) is 0 Å². The third kappa shape index (κ3) is 2.73. The first-order valence-corrected chi connectivity index (χ1v) is 5.66. The van der Waals surface area contributed by atoms with Crippen LogP contribution in [0.1, 0.15) is 12.8 Å². The van der Waals surface area contributed by atoms with Crippen molar-refractivity contribution in [2.45, 2.75) is 12.8 Å². The van der Waals surface area contributed by atoms with Gasteiger partial charge in [0.1, 0.15) is 6.20 Å². The lowest BCUT2D eigenvalue weighted by Crippen LogP contribution is -2.23. The molecule has 1 fully saturated rings. The summed E-state index contributed by atoms with van der Waals surface area (Å²) in [5, 5.41) is 17.8. The number of aromatic nitrogens is 2. The van der Waals surface area contributed by atoms with Gasteiger partial charge in [0.2, 0.25) is 5.82 Å². The maximum absolute atomic E-state index is 10.8. The molecule has 0 saturated carbocycles. The fraction of sp³-hybridized carbons (Fsp3) is 0.700. The van der Waals surface area contributed by atoms with Gasteiger partial charge in [0, 0.05) is 26.8 Å². The van der Waals surface area contributed by atoms with Gasteiger partial charge >= 0.3 is 5.69 Å². The third-order valence-corrected chi connectivity index (χ3v) is 3.02. The summed E-state index contributed by atoms with van der Waals surface area (Å²) in [5.41, 5.74) is 0.0274. The van der Waals surface area contributed by atoms with Crippen molar-refractivity contribution in [1.82, 2.24) is 9.78 Å². The number of hydrogen-bond acceptors (Lipinski definition) is 5. The van der Waals surface area contributed by atoms with Crippen LogP contribution in [0.3, 0.4) is 0 Å². The van der Waals surface area contributed by atoms with E-state index in [0.29, 0.717) is 11.7 Å². The Morgan fingerprint density at radius 3 is 3.00 bits per heavy atom. The highest BCUT2D eigenvalue weighted by molar-refractivity contribution is 5.55. The standard InChI is InChI=1S/C10H16N4O3/c1-13-10(9(7-12-13)14(15)16)11-6-8-2-4-17-5-3-8/h7-8,11H,2-6H2,1H3. The zero-order chi connectivity index (χ0) is 12.3. The highest BCUT2D eigenvalue weighted by atomic mass is 16.6. The molecular formula is C10H16N4O3. The Morgan fingerprint density at radius 1 is 1.65 bits per heavy atom. The van der Waals surface area contributed by atoms with Crippen LogP contribution in [0.4, 0.5) is 11.5 Å². The van der Waals surface area contributed by atoms with E-state index in [0.717, 1.165) is 32.6 Å². The van der Waals surface area contributed by atoms with Crippen molar-refractivity contribution < 1.29 is 9.66 Å². The molecule has 0 aliphatic carbocycles. The zero-order valence-corrected chi connectivity index (χ0v) is 9.76. The van der Waals surface area contributed by atoms with Crippen molar-refractivity contribution in [3.05, 3.63) is 16.3 Å². The van der Waals surface area contributed by atoms with Crippen molar-refractivity contribution in [3.8, 4) is 0 Å². The Bertz CT molecular complexity index is 398. The minimum absolute atomic E-state index is 0.0274. The molecule has 1 N–H and O–H groups in total. The summed E-state index contributed by atoms with van der Waals surface area (Å²) >= 11 is 0. The van der Waals surface area contributed by atoms with Gasteiger partial charge in [-0.05, 0) is 18.8 Å². The lowest BCUT2D eigenvalue weighted by Gasteiger charge is -2.22. The minimum atomic E-state index is -0.417. The molecule has 17 heavy (non-hydrogen) atoms. The number of ether oxygens (including phenoxy) is 1. The lowest BCUT2D eigenvalue weighted by atomic mass is 10.0. The Morgan fingerprint density at radius 2 is 2.35 bits per heavy atom. The molecule has 0 amide bonds. The van der Waals surface area contributed by atoms with Gasteiger partial charge in [-0.3, -0.25) is 10.1 Å². The molecule has 2 heterocycles. The van der Waals surface area contributed by atoms with Gasteiger partial charge in [0.25, 0.3) is 0 Å². The van der Waals surface area contributed by atoms with E-state index in [2.05, 4.69) is 10.4 Å². The highest BCUT2D eigenvalue weighted by Crippen LogP contribution is 2.24. The molecule has 0 bridgehead atoms. The molecule has 1 aliphatic heterocycles. The first-order valence-electron chi connectivity index (χ1n) is 5.66. The third-order valence-electron chi connectivity index (χ3n) is 3.02. The summed E-state index contributed by atoms with van der Waals surface area (Å²) in [4.78, 5) is 10.4. The predicted octanol–water partition coefficient (Wildman–Crippen LogP) is 1.17. The number of hydrogen-bond donors (Lipinski definition) is 1. The first kappa shape index (κ1) is 11.8. The number of anilines is 1. The SMILES string of the molecule is Cn1ncc([N+](=O)[O-])c1NCC1CCOCC1. The molecule has 0 unspecified atom stereocenters. The molecule has 94 valence electrons. The van der Waals surface area contributed by atoms with Crippen LogP contribution < -0.4 is 5.32 Å². The zero-order valence-electron chi connectivity index (χ0n) is 9.76. The van der Waals surface area contributed by atoms with E-state index in [4.69, 9.17) is 4.74 Å². The van der Waals surface area contributed by atoms with E-state index in [1.807, 2.05) is 0 Å². The molecule has 1 aliphatic rings. The van der Waals surface area contributed by atoms with Crippen molar-refractivity contribution in [2.24, 2.45) is 13.0 Å². The predicted molar refractivity (Wildman–Crippen MR) is 61.9 cm³/mol. The van der Waals surface area contributed by atoms with E-state index in [9.17, 15) is 10.1 Å². The van der Waals surface area contributed by atoms with E-state index in [1.165, 1.54) is 10.9 Å². The van der Waals surface area contributed by atoms with Gasteiger partial charge in [-0.15, -0.1) is 0 Å². The van der Waals surface area contributed by atoms with Crippen LogP contribution in [0.2, 0.25) is 0 Å². The number of aryl methyl sites for hydroxylation is 1. The van der Waals surface area contributed by atoms with Crippen LogP contribution in [0.5, 0.6) is 0 Å². The average Bonchev–Trinajstić information content (AvgIpc) is 2.69. The van der Waals surface area contributed by atoms with Gasteiger partial charge in [-0.2, -0.15) is 5.10 Å². The second kappa shape index (κ2) is 5.13. The van der Waals surface area contributed by atoms with E-state index < -0.39 is 4.92 Å². The maximum Gasteiger partial charge on any atom is 0.330 e. The van der Waals surface area contributed by atoms with Gasteiger partial charge < -0.3 is 10.1 Å². The number of nitro groups is 1. The maximum atomic E-state index is 10.8. The number of rotatable bonds is 4. The van der Waals surface area contributed by atoms with Crippen molar-refractivity contribution in [2.75, 3.05) is 25.1 Å². The Balaban J connectivity index is 1.97. The number of nitrogens with one attached hydrogen (secondary N) is 1. The molecule has 0 atom stereocenters. The summed E-state index contributed by atoms with van der Waals surface area (Å²) in [6.07, 6.45) is 3.27. The van der Waals surface area contributed by atoms with Crippen LogP contribution in [0.15, 0.2) is 6.20 Å². The van der Waals surface area contributed by atoms with Crippen LogP contribution in [0, 0.1) is 16.0 Å². The smallest absolute Gasteiger partial charge is 0.330 e. The van der Waals surface area contributed by atoms with Crippen LogP contribution in [0.25, 0.3) is 0 Å². The van der Waals surface area contributed by atoms with Crippen LogP contribution >= 0.6 is 0 Å². The summed E-state index contributed by atoms with van der Waals surface area (Å²) in [6, 6.07) is 0. The van der Waals surface area contributed by atoms with Crippen molar-refractivity contribution >= 4 is 11.5 Å². The quantitative estimate of drug-likeness (QED) is 0.631. The fourth-order valence-electron chi connectivity index (χ4n) is 1.96.